The Morgan fingerprint density at radius 2 is 1.96 bits per heavy atom. The molecule has 0 saturated heterocycles. The SMILES string of the molecule is CC1C=CC(CC(C)C(=O)Cc2ccccc2C2=CC(C(C)C)=CC2)=C1. The Kier molecular flexibility index (Phi) is 5.76. The number of carbonyl (C=O) groups excluding carboxylic acids is 1. The van der Waals surface area contributed by atoms with Gasteiger partial charge in [0.25, 0.3) is 0 Å². The molecule has 1 heteroatoms. The van der Waals surface area contributed by atoms with Crippen molar-refractivity contribution >= 4 is 11.4 Å². The van der Waals surface area contributed by atoms with Crippen LogP contribution < -0.4 is 0 Å². The van der Waals surface area contributed by atoms with E-state index in [1.807, 2.05) is 6.07 Å². The van der Waals surface area contributed by atoms with E-state index < -0.39 is 0 Å². The molecule has 2 atom stereocenters. The first-order chi connectivity index (χ1) is 12.4. The lowest BCUT2D eigenvalue weighted by Gasteiger charge is -2.14. The van der Waals surface area contributed by atoms with Crippen LogP contribution in [0.2, 0.25) is 0 Å². The molecule has 0 amide bonds. The zero-order valence-corrected chi connectivity index (χ0v) is 16.5. The molecule has 0 N–H and O–H groups in total. The van der Waals surface area contributed by atoms with Crippen LogP contribution in [0.25, 0.3) is 5.57 Å². The summed E-state index contributed by atoms with van der Waals surface area (Å²) >= 11 is 0. The van der Waals surface area contributed by atoms with Crippen molar-refractivity contribution in [2.45, 2.75) is 47.0 Å². The van der Waals surface area contributed by atoms with Gasteiger partial charge >= 0.3 is 0 Å². The van der Waals surface area contributed by atoms with Crippen molar-refractivity contribution in [1.29, 1.82) is 0 Å². The molecule has 26 heavy (non-hydrogen) atoms. The van der Waals surface area contributed by atoms with Gasteiger partial charge in [-0.2, -0.15) is 0 Å². The van der Waals surface area contributed by atoms with E-state index in [1.54, 1.807) is 0 Å². The second-order valence-electron chi connectivity index (χ2n) is 8.10. The quantitative estimate of drug-likeness (QED) is 0.564. The Bertz CT molecular complexity index is 801. The standard InChI is InChI=1S/C25H30O/c1-17(2)21-11-12-23(15-21)24-8-6-5-7-22(24)16-25(26)19(4)14-20-10-9-18(3)13-20/h5-11,13,15,17-19H,12,14,16H2,1-4H3. The van der Waals surface area contributed by atoms with Gasteiger partial charge in [0.15, 0.2) is 0 Å². The third-order valence-corrected chi connectivity index (χ3v) is 5.48. The second-order valence-corrected chi connectivity index (χ2v) is 8.10. The molecule has 2 aliphatic carbocycles. The minimum atomic E-state index is 0.0613. The smallest absolute Gasteiger partial charge is 0.140 e. The number of hydrogen-bond donors (Lipinski definition) is 0. The minimum Gasteiger partial charge on any atom is -0.299 e. The summed E-state index contributed by atoms with van der Waals surface area (Å²) in [4.78, 5) is 12.8. The Labute approximate surface area is 158 Å². The molecule has 0 aliphatic heterocycles. The number of rotatable bonds is 7. The van der Waals surface area contributed by atoms with Crippen molar-refractivity contribution in [3.05, 3.63) is 76.9 Å². The first kappa shape index (κ1) is 18.6. The van der Waals surface area contributed by atoms with Crippen LogP contribution in [0.15, 0.2) is 65.8 Å². The molecular formula is C25H30O. The summed E-state index contributed by atoms with van der Waals surface area (Å²) in [6.45, 7) is 8.71. The highest BCUT2D eigenvalue weighted by Crippen LogP contribution is 2.33. The molecule has 1 nitrogen and oxygen atoms in total. The van der Waals surface area contributed by atoms with Crippen LogP contribution in [-0.2, 0) is 11.2 Å². The lowest BCUT2D eigenvalue weighted by atomic mass is 9.89. The van der Waals surface area contributed by atoms with Crippen LogP contribution in [0.3, 0.4) is 0 Å². The van der Waals surface area contributed by atoms with E-state index in [9.17, 15) is 4.79 Å². The summed E-state index contributed by atoms with van der Waals surface area (Å²) in [5.74, 6) is 1.45. The average molecular weight is 347 g/mol. The molecule has 0 radical (unpaired) electrons. The molecule has 2 aliphatic rings. The van der Waals surface area contributed by atoms with E-state index in [-0.39, 0.29) is 5.92 Å². The van der Waals surface area contributed by atoms with Gasteiger partial charge in [0.1, 0.15) is 5.78 Å². The van der Waals surface area contributed by atoms with E-state index in [0.29, 0.717) is 24.0 Å². The number of hydrogen-bond acceptors (Lipinski definition) is 1. The topological polar surface area (TPSA) is 17.1 Å². The van der Waals surface area contributed by atoms with E-state index >= 15 is 0 Å². The molecule has 136 valence electrons. The Balaban J connectivity index is 1.71. The maximum Gasteiger partial charge on any atom is 0.140 e. The Morgan fingerprint density at radius 1 is 1.19 bits per heavy atom. The third kappa shape index (κ3) is 4.33. The lowest BCUT2D eigenvalue weighted by Crippen LogP contribution is -2.15. The summed E-state index contributed by atoms with van der Waals surface area (Å²) in [6, 6.07) is 8.41. The van der Waals surface area contributed by atoms with Gasteiger partial charge in [-0.15, -0.1) is 0 Å². The summed E-state index contributed by atoms with van der Waals surface area (Å²) in [7, 11) is 0. The zero-order valence-electron chi connectivity index (χ0n) is 16.5. The van der Waals surface area contributed by atoms with Crippen molar-refractivity contribution in [3.8, 4) is 0 Å². The van der Waals surface area contributed by atoms with Gasteiger partial charge in [-0.3, -0.25) is 4.79 Å². The molecular weight excluding hydrogens is 316 g/mol. The van der Waals surface area contributed by atoms with Crippen LogP contribution in [0, 0.1) is 17.8 Å². The largest absolute Gasteiger partial charge is 0.299 e. The summed E-state index contributed by atoms with van der Waals surface area (Å²) < 4.78 is 0. The van der Waals surface area contributed by atoms with Crippen molar-refractivity contribution in [3.63, 3.8) is 0 Å². The van der Waals surface area contributed by atoms with Crippen LogP contribution in [0.5, 0.6) is 0 Å². The highest BCUT2D eigenvalue weighted by molar-refractivity contribution is 5.86. The van der Waals surface area contributed by atoms with Crippen molar-refractivity contribution in [2.75, 3.05) is 0 Å². The minimum absolute atomic E-state index is 0.0613. The van der Waals surface area contributed by atoms with Gasteiger partial charge in [0, 0.05) is 12.3 Å². The number of Topliss-reactive ketones (excluding diaryl/α,β-unsaturated/α-hetero) is 1. The fourth-order valence-corrected chi connectivity index (χ4v) is 3.81. The molecule has 0 bridgehead atoms. The fourth-order valence-electron chi connectivity index (χ4n) is 3.81. The predicted octanol–water partition coefficient (Wildman–Crippen LogP) is 6.33. The van der Waals surface area contributed by atoms with Gasteiger partial charge in [0.2, 0.25) is 0 Å². The van der Waals surface area contributed by atoms with Crippen LogP contribution in [-0.4, -0.2) is 5.78 Å². The first-order valence-electron chi connectivity index (χ1n) is 9.84. The van der Waals surface area contributed by atoms with Crippen molar-refractivity contribution < 1.29 is 4.79 Å². The van der Waals surface area contributed by atoms with Gasteiger partial charge in [0.05, 0.1) is 0 Å². The van der Waals surface area contributed by atoms with Crippen LogP contribution in [0.4, 0.5) is 0 Å². The summed E-state index contributed by atoms with van der Waals surface area (Å²) in [5, 5.41) is 0. The molecule has 0 saturated carbocycles. The fraction of sp³-hybridized carbons (Fsp3) is 0.400. The van der Waals surface area contributed by atoms with Crippen LogP contribution in [0.1, 0.15) is 51.7 Å². The number of benzene rings is 1. The predicted molar refractivity (Wildman–Crippen MR) is 111 cm³/mol. The molecule has 1 aromatic rings. The van der Waals surface area contributed by atoms with Crippen molar-refractivity contribution in [1.82, 2.24) is 0 Å². The summed E-state index contributed by atoms with van der Waals surface area (Å²) in [6.07, 6.45) is 13.6. The Morgan fingerprint density at radius 3 is 2.62 bits per heavy atom. The van der Waals surface area contributed by atoms with E-state index in [1.165, 1.54) is 27.8 Å². The molecule has 0 heterocycles. The second kappa shape index (κ2) is 8.03. The van der Waals surface area contributed by atoms with Crippen LogP contribution >= 0.6 is 0 Å². The normalized spacial score (nSPS) is 20.2. The maximum absolute atomic E-state index is 12.8. The van der Waals surface area contributed by atoms with Gasteiger partial charge in [-0.25, -0.2) is 0 Å². The first-order valence-corrected chi connectivity index (χ1v) is 9.84. The van der Waals surface area contributed by atoms with E-state index in [0.717, 1.165) is 12.8 Å². The van der Waals surface area contributed by atoms with E-state index in [2.05, 4.69) is 76.3 Å². The monoisotopic (exact) mass is 346 g/mol. The maximum atomic E-state index is 12.8. The number of carbonyl (C=O) groups is 1. The van der Waals surface area contributed by atoms with Gasteiger partial charge < -0.3 is 0 Å². The summed E-state index contributed by atoms with van der Waals surface area (Å²) in [5.41, 5.74) is 6.46. The number of allylic oxidation sites excluding steroid dienone is 8. The molecule has 0 fully saturated rings. The molecule has 3 rings (SSSR count). The van der Waals surface area contributed by atoms with Gasteiger partial charge in [-0.05, 0) is 47.0 Å². The number of ketones is 1. The highest BCUT2D eigenvalue weighted by Gasteiger charge is 2.19. The van der Waals surface area contributed by atoms with Gasteiger partial charge in [-0.1, -0.05) is 87.9 Å². The molecule has 0 aromatic heterocycles. The third-order valence-electron chi connectivity index (χ3n) is 5.48. The lowest BCUT2D eigenvalue weighted by molar-refractivity contribution is -0.121. The molecule has 1 aromatic carbocycles. The molecule has 2 unspecified atom stereocenters. The zero-order chi connectivity index (χ0) is 18.7. The van der Waals surface area contributed by atoms with E-state index in [4.69, 9.17) is 0 Å². The highest BCUT2D eigenvalue weighted by atomic mass is 16.1. The average Bonchev–Trinajstić information content (AvgIpc) is 3.24. The van der Waals surface area contributed by atoms with Crippen molar-refractivity contribution in [2.24, 2.45) is 17.8 Å². The molecule has 0 spiro atoms. The Hall–Kier alpha value is -2.15.